The van der Waals surface area contributed by atoms with E-state index in [-0.39, 0.29) is 0 Å². The van der Waals surface area contributed by atoms with Gasteiger partial charge in [-0.25, -0.2) is 0 Å². The Morgan fingerprint density at radius 1 is 1.44 bits per heavy atom. The van der Waals surface area contributed by atoms with Gasteiger partial charge in [0, 0.05) is 0 Å². The van der Waals surface area contributed by atoms with Gasteiger partial charge in [-0.05, 0) is 50.1 Å². The first-order valence-corrected chi connectivity index (χ1v) is 7.78. The maximum Gasteiger partial charge on any atom is 0.134 e. The van der Waals surface area contributed by atoms with Gasteiger partial charge in [0.25, 0.3) is 0 Å². The molecule has 1 aliphatic carbocycles. The summed E-state index contributed by atoms with van der Waals surface area (Å²) in [5.41, 5.74) is 1.55. The molecule has 1 atom stereocenters. The molecule has 0 fully saturated rings. The highest BCUT2D eigenvalue weighted by Gasteiger charge is 2.21. The Morgan fingerprint density at radius 2 is 2.33 bits per heavy atom. The van der Waals surface area contributed by atoms with Gasteiger partial charge in [0.15, 0.2) is 0 Å². The zero-order chi connectivity index (χ0) is 12.8. The van der Waals surface area contributed by atoms with E-state index >= 15 is 0 Å². The van der Waals surface area contributed by atoms with Gasteiger partial charge in [-0.3, -0.25) is 0 Å². The normalized spacial score (nSPS) is 17.3. The molecule has 0 amide bonds. The van der Waals surface area contributed by atoms with E-state index in [0.29, 0.717) is 6.04 Å². The van der Waals surface area contributed by atoms with Gasteiger partial charge in [0.2, 0.25) is 0 Å². The van der Waals surface area contributed by atoms with Gasteiger partial charge in [0.1, 0.15) is 5.75 Å². The molecule has 1 aromatic heterocycles. The number of ether oxygens (including phenoxy) is 1. The zero-order valence-electron chi connectivity index (χ0n) is 11.4. The van der Waals surface area contributed by atoms with Crippen LogP contribution >= 0.6 is 11.3 Å². The molecule has 0 aromatic carbocycles. The molecular formula is C15H23NOS. The third-order valence-corrected chi connectivity index (χ3v) is 4.40. The van der Waals surface area contributed by atoms with Gasteiger partial charge in [-0.15, -0.1) is 11.3 Å². The first kappa shape index (κ1) is 13.6. The monoisotopic (exact) mass is 265 g/mol. The average Bonchev–Trinajstić information content (AvgIpc) is 2.89. The quantitative estimate of drug-likeness (QED) is 0.774. The highest BCUT2D eigenvalue weighted by Crippen LogP contribution is 2.37. The second kappa shape index (κ2) is 6.95. The van der Waals surface area contributed by atoms with E-state index in [1.165, 1.54) is 30.6 Å². The Labute approximate surface area is 114 Å². The van der Waals surface area contributed by atoms with Crippen LogP contribution in [-0.2, 0) is 0 Å². The highest BCUT2D eigenvalue weighted by molar-refractivity contribution is 7.10. The Hall–Kier alpha value is -0.800. The van der Waals surface area contributed by atoms with Crippen molar-refractivity contribution in [2.24, 2.45) is 0 Å². The number of methoxy groups -OCH3 is 1. The number of thiophene rings is 1. The number of nitrogens with one attached hydrogen (secondary N) is 1. The molecule has 1 aliphatic rings. The largest absolute Gasteiger partial charge is 0.496 e. The smallest absolute Gasteiger partial charge is 0.134 e. The molecule has 0 saturated heterocycles. The van der Waals surface area contributed by atoms with Crippen molar-refractivity contribution < 1.29 is 4.74 Å². The number of hydrogen-bond donors (Lipinski definition) is 1. The van der Waals surface area contributed by atoms with Crippen LogP contribution in [0.3, 0.4) is 0 Å². The summed E-state index contributed by atoms with van der Waals surface area (Å²) in [6, 6.07) is 2.43. The summed E-state index contributed by atoms with van der Waals surface area (Å²) in [6.45, 7) is 3.27. The van der Waals surface area contributed by atoms with Crippen molar-refractivity contribution >= 4 is 11.3 Å². The lowest BCUT2D eigenvalue weighted by Crippen LogP contribution is -2.24. The van der Waals surface area contributed by atoms with E-state index < -0.39 is 0 Å². The molecule has 0 spiro atoms. The molecule has 100 valence electrons. The molecule has 1 unspecified atom stereocenters. The van der Waals surface area contributed by atoms with E-state index in [9.17, 15) is 0 Å². The van der Waals surface area contributed by atoms with Crippen LogP contribution in [0.1, 0.15) is 49.9 Å². The maximum atomic E-state index is 5.48. The standard InChI is InChI=1S/C15H23NOS/c1-3-10-16-14(12-7-5-4-6-8-12)15-13(17-2)9-11-18-15/h7,9,11,14,16H,3-6,8,10H2,1-2H3. The van der Waals surface area contributed by atoms with E-state index in [0.717, 1.165) is 18.7 Å². The fraction of sp³-hybridized carbons (Fsp3) is 0.600. The zero-order valence-corrected chi connectivity index (χ0v) is 12.2. The minimum Gasteiger partial charge on any atom is -0.496 e. The maximum absolute atomic E-state index is 5.48. The molecule has 2 rings (SSSR count). The van der Waals surface area contributed by atoms with Crippen LogP contribution in [0.2, 0.25) is 0 Å². The van der Waals surface area contributed by atoms with E-state index in [4.69, 9.17) is 4.74 Å². The van der Waals surface area contributed by atoms with Gasteiger partial charge < -0.3 is 10.1 Å². The summed E-state index contributed by atoms with van der Waals surface area (Å²) in [6.07, 6.45) is 8.71. The van der Waals surface area contributed by atoms with Crippen LogP contribution in [0.5, 0.6) is 5.75 Å². The second-order valence-corrected chi connectivity index (χ2v) is 5.71. The third-order valence-electron chi connectivity index (χ3n) is 3.43. The molecule has 0 aliphatic heterocycles. The van der Waals surface area contributed by atoms with Crippen molar-refractivity contribution in [3.05, 3.63) is 28.0 Å². The molecule has 0 bridgehead atoms. The Kier molecular flexibility index (Phi) is 5.26. The number of allylic oxidation sites excluding steroid dienone is 1. The minimum atomic E-state index is 0.361. The lowest BCUT2D eigenvalue weighted by molar-refractivity contribution is 0.405. The van der Waals surface area contributed by atoms with Crippen molar-refractivity contribution in [1.29, 1.82) is 0 Å². The predicted octanol–water partition coefficient (Wildman–Crippen LogP) is 4.30. The van der Waals surface area contributed by atoms with E-state index in [1.807, 2.05) is 0 Å². The van der Waals surface area contributed by atoms with Crippen LogP contribution in [0, 0.1) is 0 Å². The molecular weight excluding hydrogens is 242 g/mol. The van der Waals surface area contributed by atoms with Crippen molar-refractivity contribution in [2.45, 2.75) is 45.1 Å². The summed E-state index contributed by atoms with van der Waals surface area (Å²) in [4.78, 5) is 1.33. The highest BCUT2D eigenvalue weighted by atomic mass is 32.1. The first-order chi connectivity index (χ1) is 8.86. The summed E-state index contributed by atoms with van der Waals surface area (Å²) < 4.78 is 5.48. The van der Waals surface area contributed by atoms with Crippen molar-refractivity contribution in [3.8, 4) is 5.75 Å². The second-order valence-electron chi connectivity index (χ2n) is 4.77. The molecule has 1 heterocycles. The van der Waals surface area contributed by atoms with E-state index in [1.54, 1.807) is 24.0 Å². The summed E-state index contributed by atoms with van der Waals surface area (Å²) in [5, 5.41) is 5.80. The SMILES string of the molecule is CCCNC(C1=CCCCC1)c1sccc1OC. The molecule has 18 heavy (non-hydrogen) atoms. The van der Waals surface area contributed by atoms with Gasteiger partial charge in [-0.1, -0.05) is 18.6 Å². The molecule has 0 radical (unpaired) electrons. The van der Waals surface area contributed by atoms with Crippen LogP contribution in [0.25, 0.3) is 0 Å². The molecule has 2 nitrogen and oxygen atoms in total. The Morgan fingerprint density at radius 3 is 3.00 bits per heavy atom. The Bertz CT molecular complexity index is 397. The summed E-state index contributed by atoms with van der Waals surface area (Å²) in [7, 11) is 1.76. The molecule has 0 saturated carbocycles. The molecule has 3 heteroatoms. The minimum absolute atomic E-state index is 0.361. The van der Waals surface area contributed by atoms with Gasteiger partial charge in [-0.2, -0.15) is 0 Å². The van der Waals surface area contributed by atoms with E-state index in [2.05, 4.69) is 29.8 Å². The fourth-order valence-electron chi connectivity index (χ4n) is 2.49. The fourth-order valence-corrected chi connectivity index (χ4v) is 3.47. The first-order valence-electron chi connectivity index (χ1n) is 6.90. The van der Waals surface area contributed by atoms with Crippen molar-refractivity contribution in [1.82, 2.24) is 5.32 Å². The molecule has 1 N–H and O–H groups in total. The predicted molar refractivity (Wildman–Crippen MR) is 78.5 cm³/mol. The average molecular weight is 265 g/mol. The van der Waals surface area contributed by atoms with Crippen molar-refractivity contribution in [3.63, 3.8) is 0 Å². The Balaban J connectivity index is 2.21. The lowest BCUT2D eigenvalue weighted by Gasteiger charge is -2.24. The van der Waals surface area contributed by atoms with Crippen LogP contribution in [0.4, 0.5) is 0 Å². The van der Waals surface area contributed by atoms with Gasteiger partial charge >= 0.3 is 0 Å². The number of hydrogen-bond acceptors (Lipinski definition) is 3. The summed E-state index contributed by atoms with van der Waals surface area (Å²) >= 11 is 1.80. The topological polar surface area (TPSA) is 21.3 Å². The summed E-state index contributed by atoms with van der Waals surface area (Å²) in [5.74, 6) is 1.03. The van der Waals surface area contributed by atoms with Crippen LogP contribution in [-0.4, -0.2) is 13.7 Å². The van der Waals surface area contributed by atoms with Crippen LogP contribution in [0.15, 0.2) is 23.1 Å². The lowest BCUT2D eigenvalue weighted by atomic mass is 9.92. The third kappa shape index (κ3) is 3.15. The van der Waals surface area contributed by atoms with Gasteiger partial charge in [0.05, 0.1) is 18.0 Å². The van der Waals surface area contributed by atoms with Crippen molar-refractivity contribution in [2.75, 3.05) is 13.7 Å². The van der Waals surface area contributed by atoms with Crippen LogP contribution < -0.4 is 10.1 Å². The molecule has 1 aromatic rings. The number of rotatable bonds is 6.